The minimum absolute atomic E-state index is 0.0106. The Balaban J connectivity index is 1.65. The lowest BCUT2D eigenvalue weighted by molar-refractivity contribution is -0.113. The van der Waals surface area contributed by atoms with Crippen LogP contribution in [0.4, 0.5) is 5.00 Å². The van der Waals surface area contributed by atoms with Crippen LogP contribution in [0.5, 0.6) is 5.75 Å². The van der Waals surface area contributed by atoms with Crippen LogP contribution in [0.3, 0.4) is 0 Å². The SMILES string of the molecule is CCn1c(COc2ccc(C(C)(C)C)cc2)nnc1SCC(=O)Nc1sc(C(N)=O)c(C)c1C(=O)OC. The lowest BCUT2D eigenvalue weighted by atomic mass is 9.87. The summed E-state index contributed by atoms with van der Waals surface area (Å²) < 4.78 is 12.6. The van der Waals surface area contributed by atoms with Gasteiger partial charge in [-0.05, 0) is 42.5 Å². The topological polar surface area (TPSA) is 138 Å². The Morgan fingerprint density at radius 3 is 2.41 bits per heavy atom. The molecule has 0 spiro atoms. The highest BCUT2D eigenvalue weighted by Crippen LogP contribution is 2.33. The second-order valence-electron chi connectivity index (χ2n) is 9.16. The minimum atomic E-state index is -0.682. The molecule has 2 amide bonds. The van der Waals surface area contributed by atoms with Crippen molar-refractivity contribution in [2.45, 2.75) is 58.3 Å². The molecule has 0 unspecified atom stereocenters. The van der Waals surface area contributed by atoms with E-state index in [4.69, 9.17) is 15.2 Å². The van der Waals surface area contributed by atoms with Crippen molar-refractivity contribution in [3.05, 3.63) is 51.7 Å². The average Bonchev–Trinajstić information content (AvgIpc) is 3.40. The molecule has 0 saturated carbocycles. The van der Waals surface area contributed by atoms with Crippen molar-refractivity contribution in [3.63, 3.8) is 0 Å². The minimum Gasteiger partial charge on any atom is -0.486 e. The van der Waals surface area contributed by atoms with E-state index in [1.807, 2.05) is 35.8 Å². The first-order chi connectivity index (χ1) is 17.5. The fourth-order valence-corrected chi connectivity index (χ4v) is 5.41. The molecule has 0 aliphatic carbocycles. The largest absolute Gasteiger partial charge is 0.486 e. The van der Waals surface area contributed by atoms with Gasteiger partial charge in [-0.25, -0.2) is 4.79 Å². The van der Waals surface area contributed by atoms with E-state index in [-0.39, 0.29) is 39.1 Å². The quantitative estimate of drug-likeness (QED) is 0.286. The summed E-state index contributed by atoms with van der Waals surface area (Å²) >= 11 is 2.14. The van der Waals surface area contributed by atoms with Gasteiger partial charge in [0.05, 0.1) is 23.3 Å². The number of primary amides is 1. The number of methoxy groups -OCH3 is 1. The zero-order valence-corrected chi connectivity index (χ0v) is 23.3. The molecule has 2 heterocycles. The third-order valence-corrected chi connectivity index (χ3v) is 7.73. The number of rotatable bonds is 10. The lowest BCUT2D eigenvalue weighted by Crippen LogP contribution is -2.16. The first-order valence-electron chi connectivity index (χ1n) is 11.6. The Kier molecular flexibility index (Phi) is 8.98. The summed E-state index contributed by atoms with van der Waals surface area (Å²) in [6.07, 6.45) is 0. The predicted octanol–water partition coefficient (Wildman–Crippen LogP) is 4.16. The molecule has 0 fully saturated rings. The third-order valence-electron chi connectivity index (χ3n) is 5.54. The van der Waals surface area contributed by atoms with E-state index < -0.39 is 11.9 Å². The van der Waals surface area contributed by atoms with E-state index in [0.717, 1.165) is 17.1 Å². The number of amides is 2. The highest BCUT2D eigenvalue weighted by molar-refractivity contribution is 7.99. The van der Waals surface area contributed by atoms with Crippen molar-refractivity contribution in [3.8, 4) is 5.75 Å². The molecule has 198 valence electrons. The molecule has 3 rings (SSSR count). The van der Waals surface area contributed by atoms with E-state index in [9.17, 15) is 14.4 Å². The fourth-order valence-electron chi connectivity index (χ4n) is 3.53. The van der Waals surface area contributed by atoms with Crippen LogP contribution in [-0.4, -0.2) is 45.4 Å². The van der Waals surface area contributed by atoms with E-state index in [1.165, 1.54) is 24.4 Å². The number of nitrogens with two attached hydrogens (primary N) is 1. The highest BCUT2D eigenvalue weighted by Gasteiger charge is 2.25. The maximum atomic E-state index is 12.7. The van der Waals surface area contributed by atoms with Gasteiger partial charge in [0.15, 0.2) is 11.0 Å². The summed E-state index contributed by atoms with van der Waals surface area (Å²) in [5.41, 5.74) is 7.17. The van der Waals surface area contributed by atoms with E-state index in [2.05, 4.69) is 36.3 Å². The Labute approximate surface area is 223 Å². The average molecular weight is 546 g/mol. The van der Waals surface area contributed by atoms with Crippen LogP contribution in [-0.2, 0) is 28.1 Å². The number of thioether (sulfide) groups is 1. The number of aromatic nitrogens is 3. The molecule has 1 aromatic carbocycles. The smallest absolute Gasteiger partial charge is 0.341 e. The number of carbonyl (C=O) groups is 3. The summed E-state index contributed by atoms with van der Waals surface area (Å²) in [6.45, 7) is 10.8. The van der Waals surface area contributed by atoms with Crippen molar-refractivity contribution in [2.75, 3.05) is 18.2 Å². The Bertz CT molecular complexity index is 1290. The molecular weight excluding hydrogens is 514 g/mol. The van der Waals surface area contributed by atoms with Gasteiger partial charge in [0.2, 0.25) is 5.91 Å². The van der Waals surface area contributed by atoms with Crippen LogP contribution in [0.15, 0.2) is 29.4 Å². The number of thiophene rings is 1. The van der Waals surface area contributed by atoms with Gasteiger partial charge in [0.1, 0.15) is 17.4 Å². The molecule has 0 aliphatic rings. The summed E-state index contributed by atoms with van der Waals surface area (Å²) in [7, 11) is 1.23. The molecule has 37 heavy (non-hydrogen) atoms. The molecule has 3 aromatic rings. The maximum absolute atomic E-state index is 12.7. The van der Waals surface area contributed by atoms with Gasteiger partial charge in [-0.2, -0.15) is 0 Å². The van der Waals surface area contributed by atoms with E-state index >= 15 is 0 Å². The van der Waals surface area contributed by atoms with Crippen molar-refractivity contribution in [1.29, 1.82) is 0 Å². The number of hydrogen-bond donors (Lipinski definition) is 2. The first kappa shape index (κ1) is 28.2. The number of anilines is 1. The molecule has 2 aromatic heterocycles. The number of hydrogen-bond acceptors (Lipinski definition) is 9. The third kappa shape index (κ3) is 6.69. The van der Waals surface area contributed by atoms with Crippen LogP contribution in [0.2, 0.25) is 0 Å². The van der Waals surface area contributed by atoms with Gasteiger partial charge < -0.3 is 25.1 Å². The summed E-state index contributed by atoms with van der Waals surface area (Å²) in [5, 5.41) is 11.9. The first-order valence-corrected chi connectivity index (χ1v) is 13.4. The van der Waals surface area contributed by atoms with Crippen molar-refractivity contribution in [1.82, 2.24) is 14.8 Å². The Hall–Kier alpha value is -3.38. The second kappa shape index (κ2) is 11.8. The molecule has 0 radical (unpaired) electrons. The molecule has 0 aliphatic heterocycles. The van der Waals surface area contributed by atoms with Gasteiger partial charge in [-0.1, -0.05) is 44.7 Å². The molecule has 0 atom stereocenters. The normalized spacial score (nSPS) is 11.3. The molecule has 10 nitrogen and oxygen atoms in total. The lowest BCUT2D eigenvalue weighted by Gasteiger charge is -2.19. The number of benzene rings is 1. The van der Waals surface area contributed by atoms with Crippen LogP contribution in [0.1, 0.15) is 64.7 Å². The monoisotopic (exact) mass is 545 g/mol. The fraction of sp³-hybridized carbons (Fsp3) is 0.400. The molecule has 12 heteroatoms. The van der Waals surface area contributed by atoms with Crippen molar-refractivity contribution < 1.29 is 23.9 Å². The van der Waals surface area contributed by atoms with Crippen LogP contribution in [0, 0.1) is 6.92 Å². The number of esters is 1. The van der Waals surface area contributed by atoms with Crippen LogP contribution >= 0.6 is 23.1 Å². The number of carbonyl (C=O) groups excluding carboxylic acids is 3. The van der Waals surface area contributed by atoms with Gasteiger partial charge in [-0.15, -0.1) is 21.5 Å². The van der Waals surface area contributed by atoms with Gasteiger partial charge in [0, 0.05) is 6.54 Å². The zero-order valence-electron chi connectivity index (χ0n) is 21.7. The molecule has 3 N–H and O–H groups in total. The summed E-state index contributed by atoms with van der Waals surface area (Å²) in [6, 6.07) is 7.97. The van der Waals surface area contributed by atoms with Gasteiger partial charge >= 0.3 is 5.97 Å². The molecular formula is C25H31N5O5S2. The van der Waals surface area contributed by atoms with E-state index in [0.29, 0.717) is 23.1 Å². The number of nitrogens with one attached hydrogen (secondary N) is 1. The summed E-state index contributed by atoms with van der Waals surface area (Å²) in [5.74, 6) is -0.342. The Morgan fingerprint density at radius 2 is 1.84 bits per heavy atom. The summed E-state index contributed by atoms with van der Waals surface area (Å²) in [4.78, 5) is 36.8. The highest BCUT2D eigenvalue weighted by atomic mass is 32.2. The predicted molar refractivity (Wildman–Crippen MR) is 143 cm³/mol. The van der Waals surface area contributed by atoms with E-state index in [1.54, 1.807) is 6.92 Å². The molecule has 0 bridgehead atoms. The maximum Gasteiger partial charge on any atom is 0.341 e. The second-order valence-corrected chi connectivity index (χ2v) is 11.1. The standard InChI is InChI=1S/C25H31N5O5S2/c1-7-30-17(12-35-16-10-8-15(9-11-16)25(3,4)5)28-29-24(30)36-13-18(31)27-22-19(23(33)34-6)14(2)20(37-22)21(26)32/h8-11H,7,12-13H2,1-6H3,(H2,26,32)(H,27,31). The van der Waals surface area contributed by atoms with Crippen LogP contribution < -0.4 is 15.8 Å². The zero-order chi connectivity index (χ0) is 27.3. The van der Waals surface area contributed by atoms with Gasteiger partial charge in [0.25, 0.3) is 5.91 Å². The van der Waals surface area contributed by atoms with Crippen LogP contribution in [0.25, 0.3) is 0 Å². The molecule has 0 saturated heterocycles. The van der Waals surface area contributed by atoms with Gasteiger partial charge in [-0.3, -0.25) is 9.59 Å². The number of nitrogens with zero attached hydrogens (tertiary/aromatic N) is 3. The Morgan fingerprint density at radius 1 is 1.16 bits per heavy atom. The van der Waals surface area contributed by atoms with Crippen molar-refractivity contribution >= 4 is 45.9 Å². The van der Waals surface area contributed by atoms with Crippen molar-refractivity contribution in [2.24, 2.45) is 5.73 Å². The number of ether oxygens (including phenoxy) is 2.